The molecule has 1 fully saturated rings. The van der Waals surface area contributed by atoms with Gasteiger partial charge < -0.3 is 4.90 Å². The predicted molar refractivity (Wildman–Crippen MR) is 113 cm³/mol. The standard InChI is InChI=1S/C21H29NO3S2/c1-14(2)13-27(24,25)10-9-20(23)22(4)21(17-11-15(17)3)18-12-26-19-8-6-5-7-16(18)19/h5-8,12,14-15,17,21H,9-11,13H2,1-4H3/t15-,17+,21-/m0/s1. The van der Waals surface area contributed by atoms with Crippen LogP contribution in [-0.4, -0.2) is 37.8 Å². The van der Waals surface area contributed by atoms with E-state index in [9.17, 15) is 13.2 Å². The van der Waals surface area contributed by atoms with Crippen LogP contribution in [0.2, 0.25) is 0 Å². The summed E-state index contributed by atoms with van der Waals surface area (Å²) in [5, 5.41) is 3.37. The van der Waals surface area contributed by atoms with Crippen molar-refractivity contribution < 1.29 is 13.2 Å². The minimum Gasteiger partial charge on any atom is -0.338 e. The Labute approximate surface area is 166 Å². The Balaban J connectivity index is 1.78. The monoisotopic (exact) mass is 407 g/mol. The maximum atomic E-state index is 12.9. The lowest BCUT2D eigenvalue weighted by molar-refractivity contribution is -0.132. The third-order valence-electron chi connectivity index (χ3n) is 5.43. The highest BCUT2D eigenvalue weighted by atomic mass is 32.2. The molecule has 0 N–H and O–H groups in total. The van der Waals surface area contributed by atoms with E-state index in [1.165, 1.54) is 15.6 Å². The van der Waals surface area contributed by atoms with Crippen molar-refractivity contribution in [3.8, 4) is 0 Å². The maximum absolute atomic E-state index is 12.9. The molecule has 148 valence electrons. The van der Waals surface area contributed by atoms with Gasteiger partial charge in [-0.2, -0.15) is 0 Å². The summed E-state index contributed by atoms with van der Waals surface area (Å²) >= 11 is 1.71. The first kappa shape index (κ1) is 20.3. The molecular formula is C21H29NO3S2. The number of thiophene rings is 1. The van der Waals surface area contributed by atoms with Crippen LogP contribution in [0.3, 0.4) is 0 Å². The van der Waals surface area contributed by atoms with Crippen LogP contribution in [0.5, 0.6) is 0 Å². The molecule has 1 heterocycles. The Bertz CT molecular complexity index is 916. The van der Waals surface area contributed by atoms with Crippen LogP contribution >= 0.6 is 11.3 Å². The van der Waals surface area contributed by atoms with Crippen molar-refractivity contribution in [2.24, 2.45) is 17.8 Å². The smallest absolute Gasteiger partial charge is 0.223 e. The summed E-state index contributed by atoms with van der Waals surface area (Å²) in [4.78, 5) is 14.7. The Hall–Kier alpha value is -1.40. The quantitative estimate of drug-likeness (QED) is 0.646. The van der Waals surface area contributed by atoms with Gasteiger partial charge in [-0.15, -0.1) is 11.3 Å². The van der Waals surface area contributed by atoms with Gasteiger partial charge in [-0.3, -0.25) is 4.79 Å². The Morgan fingerprint density at radius 2 is 1.96 bits per heavy atom. The second kappa shape index (κ2) is 7.92. The summed E-state index contributed by atoms with van der Waals surface area (Å²) < 4.78 is 25.6. The molecule has 0 bridgehead atoms. The number of carbonyl (C=O) groups is 1. The van der Waals surface area contributed by atoms with Crippen LogP contribution in [-0.2, 0) is 14.6 Å². The number of carbonyl (C=O) groups excluding carboxylic acids is 1. The van der Waals surface area contributed by atoms with Gasteiger partial charge in [0, 0.05) is 18.2 Å². The first-order valence-electron chi connectivity index (χ1n) is 9.62. The van der Waals surface area contributed by atoms with E-state index in [0.29, 0.717) is 11.8 Å². The lowest BCUT2D eigenvalue weighted by Gasteiger charge is -2.29. The fourth-order valence-corrected chi connectivity index (χ4v) is 6.57. The third kappa shape index (κ3) is 4.72. The van der Waals surface area contributed by atoms with Gasteiger partial charge in [0.2, 0.25) is 5.91 Å². The molecule has 3 rings (SSSR count). The number of benzene rings is 1. The van der Waals surface area contributed by atoms with Crippen LogP contribution in [0.25, 0.3) is 10.1 Å². The molecule has 6 heteroatoms. The molecule has 1 aliphatic rings. The summed E-state index contributed by atoms with van der Waals surface area (Å²) in [6.07, 6.45) is 1.17. The summed E-state index contributed by atoms with van der Waals surface area (Å²) in [5.74, 6) is 1.12. The van der Waals surface area contributed by atoms with Gasteiger partial charge in [0.1, 0.15) is 0 Å². The Morgan fingerprint density at radius 3 is 2.59 bits per heavy atom. The summed E-state index contributed by atoms with van der Waals surface area (Å²) in [7, 11) is -1.35. The largest absolute Gasteiger partial charge is 0.338 e. The molecule has 0 saturated heterocycles. The average Bonchev–Trinajstić information content (AvgIpc) is 3.15. The van der Waals surface area contributed by atoms with E-state index < -0.39 is 9.84 Å². The van der Waals surface area contributed by atoms with Crippen molar-refractivity contribution >= 4 is 37.2 Å². The third-order valence-corrected chi connectivity index (χ3v) is 8.41. The maximum Gasteiger partial charge on any atom is 0.223 e. The molecule has 4 nitrogen and oxygen atoms in total. The number of sulfone groups is 1. The van der Waals surface area contributed by atoms with E-state index in [1.54, 1.807) is 16.2 Å². The van der Waals surface area contributed by atoms with Crippen LogP contribution in [0.1, 0.15) is 45.2 Å². The molecule has 27 heavy (non-hydrogen) atoms. The number of hydrogen-bond acceptors (Lipinski definition) is 4. The summed E-state index contributed by atoms with van der Waals surface area (Å²) in [6.45, 7) is 5.99. The lowest BCUT2D eigenvalue weighted by atomic mass is 9.98. The van der Waals surface area contributed by atoms with Gasteiger partial charge >= 0.3 is 0 Å². The second-order valence-corrected chi connectivity index (χ2v) is 11.4. The van der Waals surface area contributed by atoms with E-state index in [-0.39, 0.29) is 35.8 Å². The molecule has 1 aromatic heterocycles. The zero-order chi connectivity index (χ0) is 19.8. The van der Waals surface area contributed by atoms with Crippen molar-refractivity contribution in [3.05, 3.63) is 35.2 Å². The zero-order valence-corrected chi connectivity index (χ0v) is 18.1. The molecule has 1 amide bonds. The molecule has 0 spiro atoms. The first-order chi connectivity index (χ1) is 12.7. The van der Waals surface area contributed by atoms with Gasteiger partial charge in [-0.25, -0.2) is 8.42 Å². The number of hydrogen-bond donors (Lipinski definition) is 0. The minimum absolute atomic E-state index is 0.0245. The molecule has 0 unspecified atom stereocenters. The van der Waals surface area contributed by atoms with Crippen molar-refractivity contribution in [1.82, 2.24) is 4.90 Å². The van der Waals surface area contributed by atoms with Gasteiger partial charge in [0.05, 0.1) is 17.5 Å². The minimum atomic E-state index is -3.18. The molecule has 1 aliphatic carbocycles. The van der Waals surface area contributed by atoms with Crippen molar-refractivity contribution in [1.29, 1.82) is 0 Å². The van der Waals surface area contributed by atoms with Crippen molar-refractivity contribution in [3.63, 3.8) is 0 Å². The molecule has 3 atom stereocenters. The van der Waals surface area contributed by atoms with Crippen molar-refractivity contribution in [2.45, 2.75) is 39.7 Å². The SMILES string of the molecule is CC(C)CS(=O)(=O)CCC(=O)N(C)[C@H](c1csc2ccccc12)[C@@H]1C[C@@H]1C. The highest BCUT2D eigenvalue weighted by Gasteiger charge is 2.44. The van der Waals surface area contributed by atoms with E-state index in [1.807, 2.05) is 33.0 Å². The van der Waals surface area contributed by atoms with Crippen molar-refractivity contribution in [2.75, 3.05) is 18.6 Å². The fraction of sp³-hybridized carbons (Fsp3) is 0.571. The molecular weight excluding hydrogens is 378 g/mol. The molecule has 1 saturated carbocycles. The number of nitrogens with zero attached hydrogens (tertiary/aromatic N) is 1. The van der Waals surface area contributed by atoms with Crippen LogP contribution in [0.15, 0.2) is 29.6 Å². The van der Waals surface area contributed by atoms with Gasteiger partial charge in [-0.05, 0) is 46.6 Å². The number of fused-ring (bicyclic) bond motifs is 1. The topological polar surface area (TPSA) is 54.5 Å². The van der Waals surface area contributed by atoms with Crippen LogP contribution < -0.4 is 0 Å². The Kier molecular flexibility index (Phi) is 5.96. The van der Waals surface area contributed by atoms with E-state index in [2.05, 4.69) is 24.4 Å². The normalized spacial score (nSPS) is 20.8. The van der Waals surface area contributed by atoms with Crippen LogP contribution in [0.4, 0.5) is 0 Å². The molecule has 0 radical (unpaired) electrons. The molecule has 2 aromatic rings. The fourth-order valence-electron chi connectivity index (χ4n) is 3.91. The van der Waals surface area contributed by atoms with Gasteiger partial charge in [0.25, 0.3) is 0 Å². The second-order valence-electron chi connectivity index (χ2n) is 8.27. The Morgan fingerprint density at radius 1 is 1.30 bits per heavy atom. The lowest BCUT2D eigenvalue weighted by Crippen LogP contribution is -2.34. The highest BCUT2D eigenvalue weighted by molar-refractivity contribution is 7.91. The average molecular weight is 408 g/mol. The predicted octanol–water partition coefficient (Wildman–Crippen LogP) is 4.52. The first-order valence-corrected chi connectivity index (χ1v) is 12.3. The molecule has 1 aromatic carbocycles. The van der Waals surface area contributed by atoms with Gasteiger partial charge in [0.15, 0.2) is 9.84 Å². The number of amides is 1. The van der Waals surface area contributed by atoms with Gasteiger partial charge in [-0.1, -0.05) is 39.0 Å². The summed E-state index contributed by atoms with van der Waals surface area (Å²) in [5.41, 5.74) is 1.20. The van der Waals surface area contributed by atoms with Crippen LogP contribution in [0, 0.1) is 17.8 Å². The molecule has 0 aliphatic heterocycles. The number of rotatable bonds is 8. The van der Waals surface area contributed by atoms with E-state index in [4.69, 9.17) is 0 Å². The van der Waals surface area contributed by atoms with E-state index >= 15 is 0 Å². The highest BCUT2D eigenvalue weighted by Crippen LogP contribution is 2.51. The van der Waals surface area contributed by atoms with E-state index in [0.717, 1.165) is 6.42 Å². The zero-order valence-electron chi connectivity index (χ0n) is 16.5. The summed E-state index contributed by atoms with van der Waals surface area (Å²) in [6, 6.07) is 8.32.